The van der Waals surface area contributed by atoms with Gasteiger partial charge in [-0.2, -0.15) is 4.98 Å². The molecule has 3 aromatic rings. The predicted octanol–water partition coefficient (Wildman–Crippen LogP) is 5.15. The van der Waals surface area contributed by atoms with E-state index in [0.717, 1.165) is 22.9 Å². The molecule has 0 saturated heterocycles. The lowest BCUT2D eigenvalue weighted by Gasteiger charge is -2.15. The van der Waals surface area contributed by atoms with Crippen LogP contribution in [0.25, 0.3) is 0 Å². The number of benzene rings is 2. The number of hydrogen-bond acceptors (Lipinski definition) is 6. The summed E-state index contributed by atoms with van der Waals surface area (Å²) in [7, 11) is 0. The molecule has 0 aliphatic rings. The van der Waals surface area contributed by atoms with Crippen LogP contribution in [0.5, 0.6) is 11.5 Å². The highest BCUT2D eigenvalue weighted by Crippen LogP contribution is 2.29. The predicted molar refractivity (Wildman–Crippen MR) is 108 cm³/mol. The summed E-state index contributed by atoms with van der Waals surface area (Å²) < 4.78 is 11.5. The average Bonchev–Trinajstić information content (AvgIpc) is 2.65. The molecule has 0 aliphatic heterocycles. The van der Waals surface area contributed by atoms with Gasteiger partial charge < -0.3 is 20.1 Å². The minimum atomic E-state index is 0.0886. The van der Waals surface area contributed by atoms with Crippen LogP contribution in [0.15, 0.2) is 60.8 Å². The number of para-hydroxylation sites is 4. The maximum Gasteiger partial charge on any atom is 0.229 e. The first-order valence-electron chi connectivity index (χ1n) is 9.00. The minimum absolute atomic E-state index is 0.0886. The molecule has 0 radical (unpaired) electrons. The first-order valence-corrected chi connectivity index (χ1v) is 9.00. The van der Waals surface area contributed by atoms with Crippen LogP contribution in [0.2, 0.25) is 0 Å². The van der Waals surface area contributed by atoms with Crippen molar-refractivity contribution in [1.82, 2.24) is 9.97 Å². The van der Waals surface area contributed by atoms with Crippen LogP contribution in [-0.2, 0) is 0 Å². The molecule has 140 valence electrons. The summed E-state index contributed by atoms with van der Waals surface area (Å²) in [4.78, 5) is 8.84. The van der Waals surface area contributed by atoms with E-state index < -0.39 is 0 Å². The van der Waals surface area contributed by atoms with Crippen molar-refractivity contribution < 1.29 is 9.47 Å². The molecule has 3 rings (SSSR count). The SMILES string of the molecule is CCOc1ccccc1Nc1nccc(Nc2ccccc2OC(C)C)n1. The molecule has 27 heavy (non-hydrogen) atoms. The van der Waals surface area contributed by atoms with E-state index in [0.29, 0.717) is 18.4 Å². The van der Waals surface area contributed by atoms with Gasteiger partial charge in [0.25, 0.3) is 0 Å². The Balaban J connectivity index is 1.79. The molecule has 2 aromatic carbocycles. The zero-order valence-electron chi connectivity index (χ0n) is 15.8. The van der Waals surface area contributed by atoms with E-state index in [1.54, 1.807) is 6.20 Å². The van der Waals surface area contributed by atoms with E-state index in [4.69, 9.17) is 9.47 Å². The summed E-state index contributed by atoms with van der Waals surface area (Å²) in [6, 6.07) is 17.3. The van der Waals surface area contributed by atoms with Gasteiger partial charge in [0.1, 0.15) is 17.3 Å². The number of rotatable bonds is 8. The number of nitrogens with one attached hydrogen (secondary N) is 2. The molecule has 0 atom stereocenters. The van der Waals surface area contributed by atoms with Crippen LogP contribution < -0.4 is 20.1 Å². The van der Waals surface area contributed by atoms with Crippen molar-refractivity contribution >= 4 is 23.1 Å². The smallest absolute Gasteiger partial charge is 0.229 e. The molecule has 6 heteroatoms. The number of nitrogens with zero attached hydrogens (tertiary/aromatic N) is 2. The van der Waals surface area contributed by atoms with E-state index in [-0.39, 0.29) is 6.10 Å². The van der Waals surface area contributed by atoms with Gasteiger partial charge in [0.2, 0.25) is 5.95 Å². The van der Waals surface area contributed by atoms with Gasteiger partial charge in [0.05, 0.1) is 24.1 Å². The maximum atomic E-state index is 5.85. The van der Waals surface area contributed by atoms with Crippen LogP contribution in [0.3, 0.4) is 0 Å². The zero-order chi connectivity index (χ0) is 19.1. The Morgan fingerprint density at radius 1 is 0.889 bits per heavy atom. The van der Waals surface area contributed by atoms with Crippen molar-refractivity contribution in [2.45, 2.75) is 26.9 Å². The highest BCUT2D eigenvalue weighted by Gasteiger charge is 2.08. The standard InChI is InChI=1S/C21H24N4O2/c1-4-26-18-11-7-5-9-16(18)24-21-22-14-13-20(25-21)23-17-10-6-8-12-19(17)27-15(2)3/h5-15H,4H2,1-3H3,(H2,22,23,24,25). The fourth-order valence-corrected chi connectivity index (χ4v) is 2.52. The third kappa shape index (κ3) is 5.10. The Labute approximate surface area is 159 Å². The second kappa shape index (κ2) is 8.89. The molecular weight excluding hydrogens is 340 g/mol. The maximum absolute atomic E-state index is 5.85. The molecular formula is C21H24N4O2. The molecule has 6 nitrogen and oxygen atoms in total. The summed E-state index contributed by atoms with van der Waals surface area (Å²) in [5.41, 5.74) is 1.67. The average molecular weight is 364 g/mol. The lowest BCUT2D eigenvalue weighted by molar-refractivity contribution is 0.244. The summed E-state index contributed by atoms with van der Waals surface area (Å²) in [6.07, 6.45) is 1.79. The van der Waals surface area contributed by atoms with Gasteiger partial charge in [0, 0.05) is 6.20 Å². The summed E-state index contributed by atoms with van der Waals surface area (Å²) in [6.45, 7) is 6.54. The Hall–Kier alpha value is -3.28. The summed E-state index contributed by atoms with van der Waals surface area (Å²) >= 11 is 0. The lowest BCUT2D eigenvalue weighted by atomic mass is 10.3. The van der Waals surface area contributed by atoms with E-state index in [2.05, 4.69) is 20.6 Å². The highest BCUT2D eigenvalue weighted by atomic mass is 16.5. The zero-order valence-corrected chi connectivity index (χ0v) is 15.8. The third-order valence-electron chi connectivity index (χ3n) is 3.60. The van der Waals surface area contributed by atoms with Crippen LogP contribution in [0, 0.1) is 0 Å². The summed E-state index contributed by atoms with van der Waals surface area (Å²) in [5, 5.41) is 6.51. The van der Waals surface area contributed by atoms with Crippen LogP contribution in [0.4, 0.5) is 23.1 Å². The monoisotopic (exact) mass is 364 g/mol. The molecule has 1 aromatic heterocycles. The van der Waals surface area contributed by atoms with Gasteiger partial charge in [0.15, 0.2) is 0 Å². The first-order chi connectivity index (χ1) is 13.2. The Morgan fingerprint density at radius 3 is 2.26 bits per heavy atom. The largest absolute Gasteiger partial charge is 0.492 e. The fourth-order valence-electron chi connectivity index (χ4n) is 2.52. The fraction of sp³-hybridized carbons (Fsp3) is 0.238. The van der Waals surface area contributed by atoms with Crippen molar-refractivity contribution in [1.29, 1.82) is 0 Å². The van der Waals surface area contributed by atoms with Crippen molar-refractivity contribution in [3.8, 4) is 11.5 Å². The summed E-state index contributed by atoms with van der Waals surface area (Å²) in [5.74, 6) is 2.69. The van der Waals surface area contributed by atoms with Crippen molar-refractivity contribution in [2.24, 2.45) is 0 Å². The van der Waals surface area contributed by atoms with Gasteiger partial charge >= 0.3 is 0 Å². The molecule has 0 spiro atoms. The topological polar surface area (TPSA) is 68.3 Å². The van der Waals surface area contributed by atoms with E-state index in [1.807, 2.05) is 75.4 Å². The Morgan fingerprint density at radius 2 is 1.56 bits per heavy atom. The Bertz CT molecular complexity index is 883. The van der Waals surface area contributed by atoms with E-state index in [1.165, 1.54) is 0 Å². The van der Waals surface area contributed by atoms with Crippen LogP contribution in [-0.4, -0.2) is 22.7 Å². The van der Waals surface area contributed by atoms with Crippen molar-refractivity contribution in [3.63, 3.8) is 0 Å². The van der Waals surface area contributed by atoms with Crippen molar-refractivity contribution in [2.75, 3.05) is 17.2 Å². The van der Waals surface area contributed by atoms with E-state index >= 15 is 0 Å². The van der Waals surface area contributed by atoms with Crippen LogP contribution >= 0.6 is 0 Å². The van der Waals surface area contributed by atoms with Crippen molar-refractivity contribution in [3.05, 3.63) is 60.8 Å². The number of aromatic nitrogens is 2. The van der Waals surface area contributed by atoms with Crippen LogP contribution in [0.1, 0.15) is 20.8 Å². The second-order valence-corrected chi connectivity index (χ2v) is 6.11. The van der Waals surface area contributed by atoms with Gasteiger partial charge in [-0.05, 0) is 51.1 Å². The van der Waals surface area contributed by atoms with E-state index in [9.17, 15) is 0 Å². The van der Waals surface area contributed by atoms with Gasteiger partial charge in [-0.1, -0.05) is 24.3 Å². The number of ether oxygens (including phenoxy) is 2. The molecule has 0 amide bonds. The lowest BCUT2D eigenvalue weighted by Crippen LogP contribution is -2.08. The third-order valence-corrected chi connectivity index (χ3v) is 3.60. The molecule has 0 saturated carbocycles. The minimum Gasteiger partial charge on any atom is -0.492 e. The highest BCUT2D eigenvalue weighted by molar-refractivity contribution is 5.66. The molecule has 0 unspecified atom stereocenters. The quantitative estimate of drug-likeness (QED) is 0.576. The molecule has 1 heterocycles. The molecule has 0 bridgehead atoms. The van der Waals surface area contributed by atoms with Gasteiger partial charge in [-0.15, -0.1) is 0 Å². The molecule has 0 aliphatic carbocycles. The first kappa shape index (κ1) is 18.5. The number of hydrogen-bond donors (Lipinski definition) is 2. The van der Waals surface area contributed by atoms with Gasteiger partial charge in [-0.3, -0.25) is 0 Å². The Kier molecular flexibility index (Phi) is 6.10. The molecule has 0 fully saturated rings. The van der Waals surface area contributed by atoms with Gasteiger partial charge in [-0.25, -0.2) is 4.98 Å². The molecule has 2 N–H and O–H groups in total. The second-order valence-electron chi connectivity index (χ2n) is 6.11. The number of anilines is 4. The normalized spacial score (nSPS) is 10.5.